The highest BCUT2D eigenvalue weighted by molar-refractivity contribution is 5.79. The van der Waals surface area contributed by atoms with E-state index in [0.717, 1.165) is 32.1 Å². The SMILES string of the molecule is CCN1CCN(C(C)CNC(=NC)NC(C)COC)CC1. The van der Waals surface area contributed by atoms with Crippen LogP contribution in [0.4, 0.5) is 0 Å². The first-order valence-electron chi connectivity index (χ1n) is 8.03. The van der Waals surface area contributed by atoms with Crippen molar-refractivity contribution in [3.05, 3.63) is 0 Å². The Morgan fingerprint density at radius 3 is 2.43 bits per heavy atom. The minimum atomic E-state index is 0.254. The lowest BCUT2D eigenvalue weighted by atomic mass is 10.2. The number of guanidine groups is 1. The van der Waals surface area contributed by atoms with E-state index in [0.29, 0.717) is 12.6 Å². The van der Waals surface area contributed by atoms with Gasteiger partial charge in [0.2, 0.25) is 0 Å². The zero-order valence-corrected chi connectivity index (χ0v) is 14.4. The molecule has 6 nitrogen and oxygen atoms in total. The Morgan fingerprint density at radius 1 is 1.24 bits per heavy atom. The van der Waals surface area contributed by atoms with Crippen molar-refractivity contribution >= 4 is 5.96 Å². The van der Waals surface area contributed by atoms with Crippen LogP contribution in [0.1, 0.15) is 20.8 Å². The maximum absolute atomic E-state index is 5.13. The van der Waals surface area contributed by atoms with Gasteiger partial charge in [0.05, 0.1) is 6.61 Å². The third kappa shape index (κ3) is 6.63. The van der Waals surface area contributed by atoms with E-state index >= 15 is 0 Å². The summed E-state index contributed by atoms with van der Waals surface area (Å²) in [5, 5.41) is 6.74. The molecule has 0 bridgehead atoms. The molecule has 1 rings (SSSR count). The van der Waals surface area contributed by atoms with Crippen LogP contribution in [0.2, 0.25) is 0 Å². The summed E-state index contributed by atoms with van der Waals surface area (Å²) in [7, 11) is 3.52. The highest BCUT2D eigenvalue weighted by Gasteiger charge is 2.20. The van der Waals surface area contributed by atoms with Gasteiger partial charge in [0.25, 0.3) is 0 Å². The van der Waals surface area contributed by atoms with Crippen LogP contribution in [0.5, 0.6) is 0 Å². The number of nitrogens with zero attached hydrogens (tertiary/aromatic N) is 3. The standard InChI is InChI=1S/C15H33N5O/c1-6-19-7-9-20(10-8-19)14(3)11-17-15(16-4)18-13(2)12-21-5/h13-14H,6-12H2,1-5H3,(H2,16,17,18). The average molecular weight is 299 g/mol. The monoisotopic (exact) mass is 299 g/mol. The van der Waals surface area contributed by atoms with Gasteiger partial charge in [0.15, 0.2) is 5.96 Å². The average Bonchev–Trinajstić information content (AvgIpc) is 2.51. The maximum atomic E-state index is 5.13. The van der Waals surface area contributed by atoms with Gasteiger partial charge in [-0.05, 0) is 20.4 Å². The highest BCUT2D eigenvalue weighted by Crippen LogP contribution is 2.05. The Kier molecular flexibility index (Phi) is 8.64. The number of nitrogens with one attached hydrogen (secondary N) is 2. The van der Waals surface area contributed by atoms with Crippen LogP contribution in [-0.4, -0.2) is 87.9 Å². The Hall–Kier alpha value is -0.850. The predicted octanol–water partition coefficient (Wildman–Crippen LogP) is 0.212. The van der Waals surface area contributed by atoms with Crippen molar-refractivity contribution in [3.63, 3.8) is 0 Å². The van der Waals surface area contributed by atoms with E-state index in [1.807, 2.05) is 0 Å². The second-order valence-electron chi connectivity index (χ2n) is 5.77. The Labute approximate surface area is 129 Å². The van der Waals surface area contributed by atoms with Crippen molar-refractivity contribution in [2.24, 2.45) is 4.99 Å². The molecule has 1 aliphatic heterocycles. The van der Waals surface area contributed by atoms with Crippen LogP contribution >= 0.6 is 0 Å². The Morgan fingerprint density at radius 2 is 1.90 bits per heavy atom. The topological polar surface area (TPSA) is 52.1 Å². The molecule has 124 valence electrons. The number of methoxy groups -OCH3 is 1. The molecule has 1 saturated heterocycles. The van der Waals surface area contributed by atoms with Crippen molar-refractivity contribution in [3.8, 4) is 0 Å². The molecule has 0 radical (unpaired) electrons. The number of hydrogen-bond donors (Lipinski definition) is 2. The van der Waals surface area contributed by atoms with Crippen LogP contribution in [0.3, 0.4) is 0 Å². The lowest BCUT2D eigenvalue weighted by Gasteiger charge is -2.37. The summed E-state index contributed by atoms with van der Waals surface area (Å²) in [6.45, 7) is 14.0. The van der Waals surface area contributed by atoms with Gasteiger partial charge in [-0.3, -0.25) is 9.89 Å². The number of piperazine rings is 1. The molecule has 1 fully saturated rings. The molecule has 0 amide bonds. The molecule has 2 N–H and O–H groups in total. The van der Waals surface area contributed by atoms with Gasteiger partial charge in [0.1, 0.15) is 0 Å². The summed E-state index contributed by atoms with van der Waals surface area (Å²) in [6.07, 6.45) is 0. The van der Waals surface area contributed by atoms with Crippen LogP contribution in [0.15, 0.2) is 4.99 Å². The van der Waals surface area contributed by atoms with Crippen LogP contribution in [0, 0.1) is 0 Å². The molecule has 0 saturated carbocycles. The summed E-state index contributed by atoms with van der Waals surface area (Å²) < 4.78 is 5.13. The largest absolute Gasteiger partial charge is 0.383 e. The molecule has 0 aromatic carbocycles. The van der Waals surface area contributed by atoms with Gasteiger partial charge in [-0.15, -0.1) is 0 Å². The first-order valence-corrected chi connectivity index (χ1v) is 8.03. The number of rotatable bonds is 7. The van der Waals surface area contributed by atoms with Crippen LogP contribution in [-0.2, 0) is 4.74 Å². The number of hydrogen-bond acceptors (Lipinski definition) is 4. The summed E-state index contributed by atoms with van der Waals surface area (Å²) >= 11 is 0. The fourth-order valence-corrected chi connectivity index (χ4v) is 2.61. The molecular formula is C15H33N5O. The zero-order chi connectivity index (χ0) is 15.7. The van der Waals surface area contributed by atoms with E-state index in [9.17, 15) is 0 Å². The number of ether oxygens (including phenoxy) is 1. The molecule has 1 aliphatic rings. The molecule has 0 spiro atoms. The Balaban J connectivity index is 2.29. The Bertz CT molecular complexity index is 302. The molecular weight excluding hydrogens is 266 g/mol. The van der Waals surface area contributed by atoms with Gasteiger partial charge in [-0.1, -0.05) is 6.92 Å². The third-order valence-corrected chi connectivity index (χ3v) is 4.07. The minimum absolute atomic E-state index is 0.254. The van der Waals surface area contributed by atoms with Crippen molar-refractivity contribution in [2.75, 3.05) is 60.0 Å². The molecule has 6 heteroatoms. The summed E-state index contributed by atoms with van der Waals surface area (Å²) in [5.74, 6) is 0.846. The van der Waals surface area contributed by atoms with Crippen LogP contribution in [0.25, 0.3) is 0 Å². The smallest absolute Gasteiger partial charge is 0.191 e. The molecule has 0 aliphatic carbocycles. The summed E-state index contributed by atoms with van der Waals surface area (Å²) in [5.41, 5.74) is 0. The van der Waals surface area contributed by atoms with E-state index in [2.05, 4.69) is 46.2 Å². The molecule has 1 heterocycles. The lowest BCUT2D eigenvalue weighted by molar-refractivity contribution is 0.107. The normalized spacial score (nSPS) is 21.1. The molecule has 0 aromatic rings. The zero-order valence-electron chi connectivity index (χ0n) is 14.4. The van der Waals surface area contributed by atoms with E-state index < -0.39 is 0 Å². The summed E-state index contributed by atoms with van der Waals surface area (Å²) in [6, 6.07) is 0.768. The van der Waals surface area contributed by atoms with E-state index in [-0.39, 0.29) is 6.04 Å². The number of likely N-dealkylation sites (N-methyl/N-ethyl adjacent to an activating group) is 1. The van der Waals surface area contributed by atoms with Gasteiger partial charge < -0.3 is 20.3 Å². The molecule has 2 atom stereocenters. The second kappa shape index (κ2) is 9.97. The van der Waals surface area contributed by atoms with Gasteiger partial charge >= 0.3 is 0 Å². The van der Waals surface area contributed by atoms with Crippen molar-refractivity contribution < 1.29 is 4.74 Å². The van der Waals surface area contributed by atoms with Gasteiger partial charge in [-0.2, -0.15) is 0 Å². The van der Waals surface area contributed by atoms with Crippen LogP contribution < -0.4 is 10.6 Å². The van der Waals surface area contributed by atoms with Crippen molar-refractivity contribution in [2.45, 2.75) is 32.9 Å². The third-order valence-electron chi connectivity index (χ3n) is 4.07. The first-order chi connectivity index (χ1) is 10.1. The fraction of sp³-hybridized carbons (Fsp3) is 0.933. The van der Waals surface area contributed by atoms with E-state index in [1.165, 1.54) is 13.1 Å². The highest BCUT2D eigenvalue weighted by atomic mass is 16.5. The maximum Gasteiger partial charge on any atom is 0.191 e. The van der Waals surface area contributed by atoms with Crippen molar-refractivity contribution in [1.29, 1.82) is 0 Å². The van der Waals surface area contributed by atoms with Crippen molar-refractivity contribution in [1.82, 2.24) is 20.4 Å². The first kappa shape index (κ1) is 18.2. The molecule has 0 aromatic heterocycles. The second-order valence-corrected chi connectivity index (χ2v) is 5.77. The quantitative estimate of drug-likeness (QED) is 0.520. The molecule has 21 heavy (non-hydrogen) atoms. The molecule has 2 unspecified atom stereocenters. The lowest BCUT2D eigenvalue weighted by Crippen LogP contribution is -2.53. The van der Waals surface area contributed by atoms with E-state index in [4.69, 9.17) is 4.74 Å². The predicted molar refractivity (Wildman–Crippen MR) is 89.0 cm³/mol. The van der Waals surface area contributed by atoms with Gasteiger partial charge in [-0.25, -0.2) is 0 Å². The minimum Gasteiger partial charge on any atom is -0.383 e. The van der Waals surface area contributed by atoms with Gasteiger partial charge in [0, 0.05) is 59.0 Å². The number of aliphatic imine (C=N–C) groups is 1. The summed E-state index contributed by atoms with van der Waals surface area (Å²) in [4.78, 5) is 9.31. The van der Waals surface area contributed by atoms with E-state index in [1.54, 1.807) is 14.2 Å². The fourth-order valence-electron chi connectivity index (χ4n) is 2.61.